The Labute approximate surface area is 158 Å². The Morgan fingerprint density at radius 1 is 1.18 bits per heavy atom. The van der Waals surface area contributed by atoms with E-state index in [2.05, 4.69) is 15.6 Å². The second kappa shape index (κ2) is 13.2. The molecular weight excluding hydrogens is 440 g/mol. The van der Waals surface area contributed by atoms with Crippen molar-refractivity contribution in [1.29, 1.82) is 0 Å². The summed E-state index contributed by atoms with van der Waals surface area (Å²) in [4.78, 5) is 4.13. The van der Waals surface area contributed by atoms with Gasteiger partial charge in [0.2, 0.25) is 0 Å². The van der Waals surface area contributed by atoms with Gasteiger partial charge in [-0.2, -0.15) is 0 Å². The van der Waals surface area contributed by atoms with Crippen LogP contribution in [-0.4, -0.2) is 46.5 Å². The number of benzene rings is 1. The number of nitrogens with zero attached hydrogens (tertiary/aromatic N) is 1. The molecule has 0 amide bonds. The maximum atomic E-state index is 6.11. The summed E-state index contributed by atoms with van der Waals surface area (Å²) in [6, 6.07) is 5.42. The van der Waals surface area contributed by atoms with Gasteiger partial charge in [-0.1, -0.05) is 29.3 Å². The maximum Gasteiger partial charge on any atom is 0.191 e. The Balaban J connectivity index is 0.00000441. The van der Waals surface area contributed by atoms with E-state index in [0.29, 0.717) is 48.9 Å². The normalized spacial score (nSPS) is 11.0. The summed E-state index contributed by atoms with van der Waals surface area (Å²) < 4.78 is 10.3. The molecule has 0 spiro atoms. The van der Waals surface area contributed by atoms with Gasteiger partial charge in [0.15, 0.2) is 5.96 Å². The highest BCUT2D eigenvalue weighted by molar-refractivity contribution is 14.0. The summed E-state index contributed by atoms with van der Waals surface area (Å²) in [6.45, 7) is 3.01. The lowest BCUT2D eigenvalue weighted by Gasteiger charge is -2.13. The molecule has 8 heteroatoms. The van der Waals surface area contributed by atoms with Crippen LogP contribution in [0.1, 0.15) is 5.56 Å². The van der Waals surface area contributed by atoms with Crippen LogP contribution >= 0.6 is 47.2 Å². The van der Waals surface area contributed by atoms with Gasteiger partial charge in [0.05, 0.1) is 19.8 Å². The van der Waals surface area contributed by atoms with Crippen LogP contribution in [0.2, 0.25) is 10.0 Å². The molecule has 0 aliphatic heterocycles. The van der Waals surface area contributed by atoms with Gasteiger partial charge in [-0.05, 0) is 17.7 Å². The quantitative estimate of drug-likeness (QED) is 0.270. The molecule has 1 rings (SSSR count). The van der Waals surface area contributed by atoms with E-state index in [-0.39, 0.29) is 24.0 Å². The Morgan fingerprint density at radius 3 is 2.59 bits per heavy atom. The molecule has 0 heterocycles. The lowest BCUT2D eigenvalue weighted by Crippen LogP contribution is -2.38. The second-order valence-corrected chi connectivity index (χ2v) is 5.04. The van der Waals surface area contributed by atoms with E-state index < -0.39 is 0 Å². The Hall–Kier alpha value is -0.280. The van der Waals surface area contributed by atoms with Crippen LogP contribution in [-0.2, 0) is 16.0 Å². The molecule has 0 saturated carbocycles. The standard InChI is InChI=1S/C14H21Cl2N3O2.HI/c1-17-14(18-5-6-21-8-7-20-2)19-10-11-3-4-12(15)9-13(11)16;/h3-4,9H,5-8,10H2,1-2H3,(H2,17,18,19);1H. The first-order chi connectivity index (χ1) is 10.2. The number of hydrogen-bond donors (Lipinski definition) is 2. The van der Waals surface area contributed by atoms with Gasteiger partial charge in [-0.3, -0.25) is 4.99 Å². The van der Waals surface area contributed by atoms with Crippen molar-refractivity contribution < 1.29 is 9.47 Å². The molecule has 0 fully saturated rings. The van der Waals surface area contributed by atoms with Gasteiger partial charge >= 0.3 is 0 Å². The first-order valence-electron chi connectivity index (χ1n) is 6.62. The number of rotatable bonds is 8. The molecule has 1 aromatic carbocycles. The number of nitrogens with one attached hydrogen (secondary N) is 2. The smallest absolute Gasteiger partial charge is 0.191 e. The Bertz CT molecular complexity index is 462. The lowest BCUT2D eigenvalue weighted by molar-refractivity contribution is 0.0733. The van der Waals surface area contributed by atoms with E-state index in [9.17, 15) is 0 Å². The zero-order valence-electron chi connectivity index (χ0n) is 12.7. The van der Waals surface area contributed by atoms with Crippen molar-refractivity contribution in [3.8, 4) is 0 Å². The van der Waals surface area contributed by atoms with E-state index in [0.717, 1.165) is 5.56 Å². The molecular formula is C14H22Cl2IN3O2. The van der Waals surface area contributed by atoms with Crippen LogP contribution < -0.4 is 10.6 Å². The third kappa shape index (κ3) is 8.99. The van der Waals surface area contributed by atoms with Crippen molar-refractivity contribution in [3.63, 3.8) is 0 Å². The molecule has 5 nitrogen and oxygen atoms in total. The zero-order valence-corrected chi connectivity index (χ0v) is 16.5. The summed E-state index contributed by atoms with van der Waals surface area (Å²) >= 11 is 12.0. The third-order valence-electron chi connectivity index (χ3n) is 2.66. The molecule has 0 unspecified atom stereocenters. The van der Waals surface area contributed by atoms with E-state index in [4.69, 9.17) is 32.7 Å². The minimum Gasteiger partial charge on any atom is -0.382 e. The SMILES string of the molecule is CN=C(NCCOCCOC)NCc1ccc(Cl)cc1Cl.I. The molecule has 1 aromatic rings. The Morgan fingerprint density at radius 2 is 1.95 bits per heavy atom. The molecule has 0 aliphatic rings. The fourth-order valence-electron chi connectivity index (χ4n) is 1.55. The average Bonchev–Trinajstić information content (AvgIpc) is 2.47. The number of guanidine groups is 1. The van der Waals surface area contributed by atoms with Gasteiger partial charge in [-0.15, -0.1) is 24.0 Å². The molecule has 0 saturated heterocycles. The van der Waals surface area contributed by atoms with E-state index in [1.807, 2.05) is 12.1 Å². The van der Waals surface area contributed by atoms with Crippen LogP contribution in [0, 0.1) is 0 Å². The number of ether oxygens (including phenoxy) is 2. The number of hydrogen-bond acceptors (Lipinski definition) is 3. The van der Waals surface area contributed by atoms with Gasteiger partial charge in [0.25, 0.3) is 0 Å². The largest absolute Gasteiger partial charge is 0.382 e. The van der Waals surface area contributed by atoms with Gasteiger partial charge < -0.3 is 20.1 Å². The second-order valence-electron chi connectivity index (χ2n) is 4.19. The van der Waals surface area contributed by atoms with Crippen LogP contribution in [0.4, 0.5) is 0 Å². The minimum atomic E-state index is 0. The van der Waals surface area contributed by atoms with Gasteiger partial charge in [-0.25, -0.2) is 0 Å². The first kappa shape index (κ1) is 21.7. The monoisotopic (exact) mass is 461 g/mol. The average molecular weight is 462 g/mol. The zero-order chi connectivity index (χ0) is 15.5. The van der Waals surface area contributed by atoms with Crippen molar-refractivity contribution in [2.45, 2.75) is 6.54 Å². The molecule has 2 N–H and O–H groups in total. The summed E-state index contributed by atoms with van der Waals surface area (Å²) in [7, 11) is 3.36. The first-order valence-corrected chi connectivity index (χ1v) is 7.38. The number of aliphatic imine (C=N–C) groups is 1. The van der Waals surface area contributed by atoms with E-state index in [1.54, 1.807) is 20.2 Å². The topological polar surface area (TPSA) is 54.9 Å². The molecule has 0 aliphatic carbocycles. The molecule has 0 bridgehead atoms. The van der Waals surface area contributed by atoms with Gasteiger partial charge in [0, 0.05) is 37.3 Å². The Kier molecular flexibility index (Phi) is 13.0. The number of halogens is 3. The molecule has 0 atom stereocenters. The predicted octanol–water partition coefficient (Wildman–Crippen LogP) is 2.94. The molecule has 0 radical (unpaired) electrons. The highest BCUT2D eigenvalue weighted by atomic mass is 127. The predicted molar refractivity (Wildman–Crippen MR) is 103 cm³/mol. The molecule has 0 aromatic heterocycles. The van der Waals surface area contributed by atoms with Crippen LogP contribution in [0.15, 0.2) is 23.2 Å². The van der Waals surface area contributed by atoms with E-state index >= 15 is 0 Å². The van der Waals surface area contributed by atoms with Crippen molar-refractivity contribution in [2.24, 2.45) is 4.99 Å². The summed E-state index contributed by atoms with van der Waals surface area (Å²) in [6.07, 6.45) is 0. The van der Waals surface area contributed by atoms with Gasteiger partial charge in [0.1, 0.15) is 0 Å². The number of methoxy groups -OCH3 is 1. The fourth-order valence-corrected chi connectivity index (χ4v) is 2.03. The van der Waals surface area contributed by atoms with Crippen molar-refractivity contribution in [3.05, 3.63) is 33.8 Å². The van der Waals surface area contributed by atoms with E-state index in [1.165, 1.54) is 0 Å². The van der Waals surface area contributed by atoms with Crippen LogP contribution in [0.3, 0.4) is 0 Å². The summed E-state index contributed by atoms with van der Waals surface area (Å²) in [5, 5.41) is 7.59. The maximum absolute atomic E-state index is 6.11. The molecule has 22 heavy (non-hydrogen) atoms. The summed E-state index contributed by atoms with van der Waals surface area (Å²) in [5.74, 6) is 0.691. The minimum absolute atomic E-state index is 0. The highest BCUT2D eigenvalue weighted by Gasteiger charge is 2.03. The fraction of sp³-hybridized carbons (Fsp3) is 0.500. The van der Waals surface area contributed by atoms with Crippen molar-refractivity contribution in [2.75, 3.05) is 40.5 Å². The van der Waals surface area contributed by atoms with Crippen LogP contribution in [0.25, 0.3) is 0 Å². The van der Waals surface area contributed by atoms with Crippen LogP contribution in [0.5, 0.6) is 0 Å². The third-order valence-corrected chi connectivity index (χ3v) is 3.24. The van der Waals surface area contributed by atoms with Crippen molar-refractivity contribution in [1.82, 2.24) is 10.6 Å². The lowest BCUT2D eigenvalue weighted by atomic mass is 10.2. The molecule has 126 valence electrons. The highest BCUT2D eigenvalue weighted by Crippen LogP contribution is 2.20. The van der Waals surface area contributed by atoms with Crippen molar-refractivity contribution >= 4 is 53.1 Å². The summed E-state index contributed by atoms with van der Waals surface area (Å²) in [5.41, 5.74) is 0.959.